The molecule has 0 aromatic heterocycles. The van der Waals surface area contributed by atoms with E-state index in [9.17, 15) is 4.39 Å². The van der Waals surface area contributed by atoms with Gasteiger partial charge >= 0.3 is 0 Å². The van der Waals surface area contributed by atoms with E-state index in [0.29, 0.717) is 11.7 Å². The molecule has 25 heavy (non-hydrogen) atoms. The van der Waals surface area contributed by atoms with Crippen molar-refractivity contribution in [3.8, 4) is 0 Å². The quantitative estimate of drug-likeness (QED) is 0.802. The van der Waals surface area contributed by atoms with E-state index < -0.39 is 0 Å². The Balaban J connectivity index is 1.49. The lowest BCUT2D eigenvalue weighted by Gasteiger charge is -2.26. The lowest BCUT2D eigenvalue weighted by Crippen LogP contribution is -2.35. The van der Waals surface area contributed by atoms with E-state index in [1.165, 1.54) is 23.3 Å². The van der Waals surface area contributed by atoms with Crippen molar-refractivity contribution in [3.63, 3.8) is 0 Å². The van der Waals surface area contributed by atoms with E-state index in [0.717, 1.165) is 38.5 Å². The third kappa shape index (κ3) is 5.77. The number of anilines is 1. The van der Waals surface area contributed by atoms with Gasteiger partial charge in [-0.25, -0.2) is 4.39 Å². The molecule has 0 spiro atoms. The molecule has 1 aliphatic heterocycles. The van der Waals surface area contributed by atoms with E-state index in [-0.39, 0.29) is 5.82 Å². The van der Waals surface area contributed by atoms with Crippen LogP contribution in [0.15, 0.2) is 48.5 Å². The Kier molecular flexibility index (Phi) is 6.33. The Morgan fingerprint density at radius 2 is 1.80 bits per heavy atom. The zero-order chi connectivity index (χ0) is 17.5. The second-order valence-corrected chi connectivity index (χ2v) is 6.43. The summed E-state index contributed by atoms with van der Waals surface area (Å²) in [6.07, 6.45) is 0. The van der Waals surface area contributed by atoms with Gasteiger partial charge in [-0.2, -0.15) is 0 Å². The van der Waals surface area contributed by atoms with Crippen LogP contribution >= 0.6 is 12.2 Å². The number of hydrogen-bond acceptors (Lipinski definition) is 3. The molecule has 1 heterocycles. The van der Waals surface area contributed by atoms with E-state index in [1.54, 1.807) is 12.1 Å². The van der Waals surface area contributed by atoms with Gasteiger partial charge in [0.15, 0.2) is 5.11 Å². The Labute approximate surface area is 153 Å². The molecule has 0 radical (unpaired) electrons. The highest BCUT2D eigenvalue weighted by atomic mass is 32.1. The van der Waals surface area contributed by atoms with E-state index >= 15 is 0 Å². The number of nitrogens with one attached hydrogen (secondary N) is 2. The summed E-state index contributed by atoms with van der Waals surface area (Å²) in [5.41, 5.74) is 3.23. The van der Waals surface area contributed by atoms with Gasteiger partial charge in [0.1, 0.15) is 5.82 Å². The second kappa shape index (κ2) is 8.89. The smallest absolute Gasteiger partial charge is 0.171 e. The van der Waals surface area contributed by atoms with E-state index in [1.807, 2.05) is 0 Å². The average Bonchev–Trinajstić information content (AvgIpc) is 2.63. The van der Waals surface area contributed by atoms with Gasteiger partial charge < -0.3 is 15.4 Å². The van der Waals surface area contributed by atoms with Gasteiger partial charge in [0.25, 0.3) is 0 Å². The molecule has 4 nitrogen and oxygen atoms in total. The normalized spacial score (nSPS) is 14.9. The highest BCUT2D eigenvalue weighted by Crippen LogP contribution is 2.11. The minimum atomic E-state index is -0.262. The third-order valence-corrected chi connectivity index (χ3v) is 4.30. The molecule has 1 saturated heterocycles. The first-order valence-corrected chi connectivity index (χ1v) is 8.78. The molecule has 1 aliphatic rings. The number of nitrogens with zero attached hydrogens (tertiary/aromatic N) is 1. The van der Waals surface area contributed by atoms with Crippen LogP contribution in [0.4, 0.5) is 10.1 Å². The fourth-order valence-electron chi connectivity index (χ4n) is 2.75. The SMILES string of the molecule is Fc1ccc(NC(=S)NCc2cccc(CN3CCOCC3)c2)cc1. The van der Waals surface area contributed by atoms with Crippen LogP contribution < -0.4 is 10.6 Å². The first-order chi connectivity index (χ1) is 12.2. The summed E-state index contributed by atoms with van der Waals surface area (Å²) in [7, 11) is 0. The summed E-state index contributed by atoms with van der Waals surface area (Å²) in [6, 6.07) is 14.6. The monoisotopic (exact) mass is 359 g/mol. The Bertz CT molecular complexity index is 702. The topological polar surface area (TPSA) is 36.5 Å². The van der Waals surface area contributed by atoms with Crippen molar-refractivity contribution in [3.05, 3.63) is 65.5 Å². The fourth-order valence-corrected chi connectivity index (χ4v) is 2.94. The van der Waals surface area contributed by atoms with Crippen LogP contribution in [0.1, 0.15) is 11.1 Å². The van der Waals surface area contributed by atoms with Crippen molar-refractivity contribution in [2.24, 2.45) is 0 Å². The van der Waals surface area contributed by atoms with Gasteiger partial charge in [-0.15, -0.1) is 0 Å². The van der Waals surface area contributed by atoms with Crippen molar-refractivity contribution in [1.82, 2.24) is 10.2 Å². The summed E-state index contributed by atoms with van der Waals surface area (Å²) < 4.78 is 18.3. The van der Waals surface area contributed by atoms with Crippen molar-refractivity contribution >= 4 is 23.0 Å². The number of rotatable bonds is 5. The van der Waals surface area contributed by atoms with Gasteiger partial charge in [-0.1, -0.05) is 24.3 Å². The fraction of sp³-hybridized carbons (Fsp3) is 0.316. The minimum absolute atomic E-state index is 0.262. The Morgan fingerprint density at radius 3 is 2.56 bits per heavy atom. The molecule has 6 heteroatoms. The van der Waals surface area contributed by atoms with Crippen LogP contribution in [-0.4, -0.2) is 36.3 Å². The lowest BCUT2D eigenvalue weighted by atomic mass is 10.1. The van der Waals surface area contributed by atoms with Crippen LogP contribution in [0.2, 0.25) is 0 Å². The summed E-state index contributed by atoms with van der Waals surface area (Å²) in [6.45, 7) is 5.16. The molecular weight excluding hydrogens is 337 g/mol. The molecular formula is C19H22FN3OS. The molecule has 2 aromatic rings. The summed E-state index contributed by atoms with van der Waals surface area (Å²) in [5, 5.41) is 6.76. The number of halogens is 1. The number of benzene rings is 2. The molecule has 0 atom stereocenters. The molecule has 0 bridgehead atoms. The van der Waals surface area contributed by atoms with Gasteiger partial charge in [0, 0.05) is 31.9 Å². The predicted molar refractivity (Wildman–Crippen MR) is 102 cm³/mol. The number of thiocarbonyl (C=S) groups is 1. The van der Waals surface area contributed by atoms with Gasteiger partial charge in [-0.05, 0) is 47.6 Å². The molecule has 0 saturated carbocycles. The maximum Gasteiger partial charge on any atom is 0.171 e. The summed E-state index contributed by atoms with van der Waals surface area (Å²) >= 11 is 5.29. The zero-order valence-electron chi connectivity index (χ0n) is 14.0. The predicted octanol–water partition coefficient (Wildman–Crippen LogP) is 3.14. The Hall–Kier alpha value is -2.02. The molecule has 0 amide bonds. The van der Waals surface area contributed by atoms with Gasteiger partial charge in [0.05, 0.1) is 13.2 Å². The molecule has 1 fully saturated rings. The molecule has 0 unspecified atom stereocenters. The Morgan fingerprint density at radius 1 is 1.08 bits per heavy atom. The molecule has 2 N–H and O–H groups in total. The zero-order valence-corrected chi connectivity index (χ0v) is 14.8. The summed E-state index contributed by atoms with van der Waals surface area (Å²) in [5.74, 6) is -0.262. The van der Waals surface area contributed by atoms with Crippen LogP contribution in [0, 0.1) is 5.82 Å². The van der Waals surface area contributed by atoms with Crippen molar-refractivity contribution < 1.29 is 9.13 Å². The average molecular weight is 359 g/mol. The van der Waals surface area contributed by atoms with E-state index in [2.05, 4.69) is 39.8 Å². The molecule has 3 rings (SSSR count). The summed E-state index contributed by atoms with van der Waals surface area (Å²) in [4.78, 5) is 2.40. The van der Waals surface area contributed by atoms with E-state index in [4.69, 9.17) is 17.0 Å². The lowest BCUT2D eigenvalue weighted by molar-refractivity contribution is 0.0342. The van der Waals surface area contributed by atoms with Crippen molar-refractivity contribution in [2.75, 3.05) is 31.6 Å². The maximum absolute atomic E-state index is 12.9. The second-order valence-electron chi connectivity index (χ2n) is 6.02. The van der Waals surface area contributed by atoms with Crippen molar-refractivity contribution in [2.45, 2.75) is 13.1 Å². The molecule has 0 aliphatic carbocycles. The first-order valence-electron chi connectivity index (χ1n) is 8.37. The maximum atomic E-state index is 12.9. The van der Waals surface area contributed by atoms with Crippen molar-refractivity contribution in [1.29, 1.82) is 0 Å². The molecule has 132 valence electrons. The number of hydrogen-bond donors (Lipinski definition) is 2. The minimum Gasteiger partial charge on any atom is -0.379 e. The third-order valence-electron chi connectivity index (χ3n) is 4.06. The highest BCUT2D eigenvalue weighted by molar-refractivity contribution is 7.80. The largest absolute Gasteiger partial charge is 0.379 e. The van der Waals surface area contributed by atoms with Gasteiger partial charge in [-0.3, -0.25) is 4.90 Å². The van der Waals surface area contributed by atoms with Gasteiger partial charge in [0.2, 0.25) is 0 Å². The van der Waals surface area contributed by atoms with Crippen LogP contribution in [0.3, 0.4) is 0 Å². The molecule has 2 aromatic carbocycles. The van der Waals surface area contributed by atoms with Crippen LogP contribution in [-0.2, 0) is 17.8 Å². The standard InChI is InChI=1S/C19H22FN3OS/c20-17-4-6-18(7-5-17)22-19(25)21-13-15-2-1-3-16(12-15)14-23-8-10-24-11-9-23/h1-7,12H,8-11,13-14H2,(H2,21,22,25). The number of morpholine rings is 1. The van der Waals surface area contributed by atoms with Crippen LogP contribution in [0.5, 0.6) is 0 Å². The number of ether oxygens (including phenoxy) is 1. The highest BCUT2D eigenvalue weighted by Gasteiger charge is 2.10. The first kappa shape index (κ1) is 17.8. The van der Waals surface area contributed by atoms with Crippen LogP contribution in [0.25, 0.3) is 0 Å².